The number of aromatic amines is 2. The van der Waals surface area contributed by atoms with Gasteiger partial charge in [0.1, 0.15) is 0 Å². The minimum atomic E-state index is 0.411. The Bertz CT molecular complexity index is 2900. The average molecular weight is 669 g/mol. The molecule has 0 amide bonds. The van der Waals surface area contributed by atoms with Gasteiger partial charge in [-0.1, -0.05) is 72.9 Å². The fourth-order valence-corrected chi connectivity index (χ4v) is 12.2. The SMILES string of the molecule is C1=CC2CCC1C1=C2c2cc3[nH]c(cc4[nH]c(cc5nc(cc1n2)C1=C5C2C=CC1CC2)c1c4C2C=CC1CC2)c1c3-c2cccc3cccc-1c23. The van der Waals surface area contributed by atoms with Gasteiger partial charge in [0, 0.05) is 68.7 Å². The number of hydrogen-bond donors (Lipinski definition) is 2. The molecular formula is C48H36N4. The zero-order valence-electron chi connectivity index (χ0n) is 28.8. The van der Waals surface area contributed by atoms with Crippen LogP contribution >= 0.6 is 0 Å². The predicted octanol–water partition coefficient (Wildman–Crippen LogP) is 11.7. The van der Waals surface area contributed by atoms with Crippen molar-refractivity contribution in [2.24, 2.45) is 23.7 Å². The van der Waals surface area contributed by atoms with Gasteiger partial charge in [0.15, 0.2) is 0 Å². The van der Waals surface area contributed by atoms with E-state index in [2.05, 4.69) is 107 Å². The summed E-state index contributed by atoms with van der Waals surface area (Å²) < 4.78 is 0. The summed E-state index contributed by atoms with van der Waals surface area (Å²) in [5.74, 6) is 2.57. The second-order valence-corrected chi connectivity index (χ2v) is 16.7. The summed E-state index contributed by atoms with van der Waals surface area (Å²) in [5.41, 5.74) is 23.5. The molecule has 52 heavy (non-hydrogen) atoms. The minimum Gasteiger partial charge on any atom is -0.355 e. The van der Waals surface area contributed by atoms with Gasteiger partial charge >= 0.3 is 0 Å². The van der Waals surface area contributed by atoms with Gasteiger partial charge in [-0.05, 0) is 118 Å². The first-order chi connectivity index (χ1) is 25.7. The molecule has 0 fully saturated rings. The molecule has 2 aromatic carbocycles. The Hall–Kier alpha value is -5.48. The third-order valence-electron chi connectivity index (χ3n) is 14.2. The van der Waals surface area contributed by atoms with Crippen LogP contribution in [-0.2, 0) is 0 Å². The highest BCUT2D eigenvalue weighted by Gasteiger charge is 2.41. The van der Waals surface area contributed by atoms with Crippen molar-refractivity contribution < 1.29 is 0 Å². The Morgan fingerprint density at radius 2 is 0.827 bits per heavy atom. The summed E-state index contributed by atoms with van der Waals surface area (Å²) in [4.78, 5) is 19.3. The number of nitrogens with zero attached hydrogens (tertiary/aromatic N) is 2. The standard InChI is InChI=1S/C48H36N4/c1-3-23-4-2-6-31-40(23)30(5-1)47-38-21-36-45-28-15-11-26(12-16-28)43(45)34(50-36)19-32-41-24-7-9-25(10-8-24)42(41)33(49-32)20-35-44-27-13-17-29(18-14-27)46(44)37(51-35)22-39(52-38)48(31)47/h1-7,9,11,13,15,17,19-22,24-29,50,52H,8,10,12,14,16,18H2. The summed E-state index contributed by atoms with van der Waals surface area (Å²) in [6.45, 7) is 0. The number of H-pyrrole nitrogens is 2. The fourth-order valence-electron chi connectivity index (χ4n) is 12.2. The van der Waals surface area contributed by atoms with E-state index in [4.69, 9.17) is 9.97 Å². The van der Waals surface area contributed by atoms with Crippen molar-refractivity contribution in [3.63, 3.8) is 0 Å². The molecule has 4 heteroatoms. The first kappa shape index (κ1) is 27.2. The normalized spacial score (nSPS) is 27.5. The van der Waals surface area contributed by atoms with Crippen LogP contribution < -0.4 is 0 Å². The monoisotopic (exact) mass is 668 g/mol. The van der Waals surface area contributed by atoms with Crippen LogP contribution in [-0.4, -0.2) is 19.9 Å². The van der Waals surface area contributed by atoms with E-state index in [-0.39, 0.29) is 0 Å². The van der Waals surface area contributed by atoms with E-state index >= 15 is 0 Å². The van der Waals surface area contributed by atoms with Gasteiger partial charge in [0.2, 0.25) is 0 Å². The van der Waals surface area contributed by atoms with E-state index in [1.165, 1.54) is 122 Å². The Morgan fingerprint density at radius 3 is 1.33 bits per heavy atom. The fraction of sp³-hybridized carbons (Fsp3) is 0.250. The van der Waals surface area contributed by atoms with Crippen LogP contribution in [0.4, 0.5) is 0 Å². The molecule has 248 valence electrons. The molecule has 17 rings (SSSR count). The van der Waals surface area contributed by atoms with Crippen LogP contribution in [0.2, 0.25) is 0 Å². The molecule has 0 radical (unpaired) electrons. The number of allylic oxidation sites excluding steroid dienone is 10. The zero-order chi connectivity index (χ0) is 33.4. The molecule has 4 nitrogen and oxygen atoms in total. The Kier molecular flexibility index (Phi) is 4.86. The lowest BCUT2D eigenvalue weighted by molar-refractivity contribution is 0.557. The first-order valence-corrected chi connectivity index (χ1v) is 19.6. The van der Waals surface area contributed by atoms with E-state index in [0.29, 0.717) is 35.5 Å². The number of hydrogen-bond acceptors (Lipinski definition) is 2. The zero-order valence-corrected chi connectivity index (χ0v) is 28.8. The van der Waals surface area contributed by atoms with Gasteiger partial charge in [-0.3, -0.25) is 0 Å². The minimum absolute atomic E-state index is 0.411. The van der Waals surface area contributed by atoms with Crippen molar-refractivity contribution in [2.75, 3.05) is 0 Å². The molecule has 12 aliphatic rings. The summed E-state index contributed by atoms with van der Waals surface area (Å²) >= 11 is 0. The lowest BCUT2D eigenvalue weighted by atomic mass is 9.69. The van der Waals surface area contributed by atoms with Crippen molar-refractivity contribution in [1.29, 1.82) is 0 Å². The van der Waals surface area contributed by atoms with Crippen LogP contribution in [0, 0.1) is 23.7 Å². The van der Waals surface area contributed by atoms with E-state index in [9.17, 15) is 0 Å². The van der Waals surface area contributed by atoms with E-state index < -0.39 is 0 Å². The Morgan fingerprint density at radius 1 is 0.423 bits per heavy atom. The quantitative estimate of drug-likeness (QED) is 0.158. The molecule has 3 aromatic heterocycles. The maximum absolute atomic E-state index is 5.60. The summed E-state index contributed by atoms with van der Waals surface area (Å²) in [6, 6.07) is 23.3. The lowest BCUT2D eigenvalue weighted by Crippen LogP contribution is -2.19. The molecule has 5 aromatic rings. The van der Waals surface area contributed by atoms with Crippen LogP contribution in [0.5, 0.6) is 0 Å². The maximum atomic E-state index is 5.60. The van der Waals surface area contributed by atoms with Crippen molar-refractivity contribution >= 4 is 55.1 Å². The maximum Gasteiger partial charge on any atom is 0.0700 e. The molecule has 6 unspecified atom stereocenters. The van der Waals surface area contributed by atoms with Gasteiger partial charge in [-0.25, -0.2) is 9.97 Å². The highest BCUT2D eigenvalue weighted by molar-refractivity contribution is 6.22. The number of rotatable bonds is 0. The Balaban J connectivity index is 1.17. The first-order valence-electron chi connectivity index (χ1n) is 19.6. The molecule has 0 saturated heterocycles. The van der Waals surface area contributed by atoms with Gasteiger partial charge in [-0.15, -0.1) is 0 Å². The van der Waals surface area contributed by atoms with Crippen molar-refractivity contribution in [2.45, 2.75) is 50.4 Å². The highest BCUT2D eigenvalue weighted by atomic mass is 14.8. The molecule has 10 aliphatic carbocycles. The number of nitrogens with one attached hydrogen (secondary N) is 2. The van der Waals surface area contributed by atoms with Crippen molar-refractivity contribution in [3.05, 3.63) is 131 Å². The van der Waals surface area contributed by atoms with Crippen molar-refractivity contribution in [1.82, 2.24) is 19.9 Å². The van der Waals surface area contributed by atoms with E-state index in [1.54, 1.807) is 0 Å². The highest BCUT2D eigenvalue weighted by Crippen LogP contribution is 2.56. The van der Waals surface area contributed by atoms with Gasteiger partial charge < -0.3 is 9.97 Å². The summed E-state index contributed by atoms with van der Waals surface area (Å²) in [5, 5.41) is 2.67. The number of fused-ring (bicyclic) bond motifs is 16. The number of benzene rings is 2. The Labute approximate surface area is 301 Å². The molecule has 2 aliphatic heterocycles. The third-order valence-corrected chi connectivity index (χ3v) is 14.2. The number of aromatic nitrogens is 4. The van der Waals surface area contributed by atoms with E-state index in [1.807, 2.05) is 0 Å². The second-order valence-electron chi connectivity index (χ2n) is 16.7. The molecule has 5 heterocycles. The third kappa shape index (κ3) is 3.27. The topological polar surface area (TPSA) is 57.4 Å². The molecule has 0 spiro atoms. The molecule has 0 saturated carbocycles. The summed E-state index contributed by atoms with van der Waals surface area (Å²) in [6.07, 6.45) is 22.1. The molecule has 2 N–H and O–H groups in total. The van der Waals surface area contributed by atoms with Gasteiger partial charge in [-0.2, -0.15) is 0 Å². The van der Waals surface area contributed by atoms with Crippen LogP contribution in [0.3, 0.4) is 0 Å². The smallest absolute Gasteiger partial charge is 0.0700 e. The molecular weight excluding hydrogens is 633 g/mol. The van der Waals surface area contributed by atoms with Gasteiger partial charge in [0.05, 0.1) is 22.8 Å². The van der Waals surface area contributed by atoms with Crippen LogP contribution in [0.1, 0.15) is 84.3 Å². The second kappa shape index (κ2) is 9.30. The van der Waals surface area contributed by atoms with E-state index in [0.717, 1.165) is 28.3 Å². The predicted molar refractivity (Wildman–Crippen MR) is 211 cm³/mol. The van der Waals surface area contributed by atoms with Crippen molar-refractivity contribution in [3.8, 4) is 22.3 Å². The average Bonchev–Trinajstić information content (AvgIpc) is 4.01. The van der Waals surface area contributed by atoms with Gasteiger partial charge in [0.25, 0.3) is 0 Å². The molecule has 6 atom stereocenters. The summed E-state index contributed by atoms with van der Waals surface area (Å²) in [7, 11) is 0. The van der Waals surface area contributed by atoms with Crippen LogP contribution in [0.15, 0.2) is 97.1 Å². The molecule has 14 bridgehead atoms. The largest absolute Gasteiger partial charge is 0.355 e. The van der Waals surface area contributed by atoms with Crippen LogP contribution in [0.25, 0.3) is 77.4 Å². The lowest BCUT2D eigenvalue weighted by Gasteiger charge is -2.33.